The molecule has 1 aliphatic carbocycles. The Morgan fingerprint density at radius 2 is 2.10 bits per heavy atom. The van der Waals surface area contributed by atoms with Crippen molar-refractivity contribution >= 4 is 27.7 Å². The summed E-state index contributed by atoms with van der Waals surface area (Å²) < 4.78 is 7.03. The predicted octanol–water partition coefficient (Wildman–Crippen LogP) is 4.25. The van der Waals surface area contributed by atoms with E-state index in [0.717, 1.165) is 29.7 Å². The second-order valence-corrected chi connectivity index (χ2v) is 7.98. The van der Waals surface area contributed by atoms with Crippen LogP contribution >= 0.6 is 27.7 Å². The highest BCUT2D eigenvalue weighted by molar-refractivity contribution is 9.10. The molecule has 2 aliphatic rings. The number of hydrogen-bond acceptors (Lipinski definition) is 3. The van der Waals surface area contributed by atoms with E-state index in [1.165, 1.54) is 24.2 Å². The van der Waals surface area contributed by atoms with E-state index in [1.54, 1.807) is 11.8 Å². The van der Waals surface area contributed by atoms with Gasteiger partial charge in [-0.15, -0.1) is 11.8 Å². The number of aliphatic hydroxyl groups is 1. The van der Waals surface area contributed by atoms with E-state index in [4.69, 9.17) is 4.74 Å². The van der Waals surface area contributed by atoms with Crippen molar-refractivity contribution in [1.82, 2.24) is 0 Å². The van der Waals surface area contributed by atoms with Crippen LogP contribution in [0.5, 0.6) is 0 Å². The topological polar surface area (TPSA) is 29.5 Å². The van der Waals surface area contributed by atoms with Crippen LogP contribution in [0.4, 0.5) is 0 Å². The summed E-state index contributed by atoms with van der Waals surface area (Å²) >= 11 is 5.19. The van der Waals surface area contributed by atoms with Gasteiger partial charge >= 0.3 is 0 Å². The first-order valence-electron chi connectivity index (χ1n) is 7.37. The van der Waals surface area contributed by atoms with E-state index in [0.29, 0.717) is 5.92 Å². The molecule has 2 atom stereocenters. The lowest BCUT2D eigenvalue weighted by molar-refractivity contribution is -0.154. The largest absolute Gasteiger partial charge is 0.392 e. The molecule has 1 heterocycles. The van der Waals surface area contributed by atoms with Gasteiger partial charge in [0.2, 0.25) is 0 Å². The Balaban J connectivity index is 1.51. The first kappa shape index (κ1) is 14.9. The lowest BCUT2D eigenvalue weighted by Gasteiger charge is -2.48. The molecule has 0 amide bonds. The van der Waals surface area contributed by atoms with Crippen molar-refractivity contribution in [3.8, 4) is 0 Å². The maximum atomic E-state index is 10.5. The van der Waals surface area contributed by atoms with Gasteiger partial charge in [-0.2, -0.15) is 0 Å². The minimum atomic E-state index is -0.218. The van der Waals surface area contributed by atoms with Gasteiger partial charge in [-0.1, -0.05) is 15.9 Å². The predicted molar refractivity (Wildman–Crippen MR) is 86.1 cm³/mol. The van der Waals surface area contributed by atoms with Crippen LogP contribution in [-0.2, 0) is 4.74 Å². The minimum Gasteiger partial charge on any atom is -0.392 e. The van der Waals surface area contributed by atoms with Gasteiger partial charge in [0, 0.05) is 21.7 Å². The van der Waals surface area contributed by atoms with Gasteiger partial charge in [0.25, 0.3) is 0 Å². The Morgan fingerprint density at radius 1 is 1.35 bits per heavy atom. The first-order chi connectivity index (χ1) is 9.67. The summed E-state index contributed by atoms with van der Waals surface area (Å²) in [6.45, 7) is 0.824. The average molecular weight is 357 g/mol. The number of ether oxygens (including phenoxy) is 1. The van der Waals surface area contributed by atoms with E-state index in [2.05, 4.69) is 28.1 Å². The van der Waals surface area contributed by atoms with Gasteiger partial charge in [0.15, 0.2) is 0 Å². The Labute approximate surface area is 133 Å². The second kappa shape index (κ2) is 6.39. The normalized spacial score (nSPS) is 26.2. The van der Waals surface area contributed by atoms with Gasteiger partial charge in [0.05, 0.1) is 11.7 Å². The molecule has 1 aromatic rings. The van der Waals surface area contributed by atoms with Crippen molar-refractivity contribution in [2.24, 2.45) is 5.92 Å². The van der Waals surface area contributed by atoms with Crippen molar-refractivity contribution in [2.75, 3.05) is 12.4 Å². The number of aliphatic hydroxyl groups excluding tert-OH is 1. The maximum absolute atomic E-state index is 10.5. The highest BCUT2D eigenvalue weighted by Gasteiger charge is 2.43. The van der Waals surface area contributed by atoms with Crippen LogP contribution < -0.4 is 0 Å². The molecule has 3 rings (SSSR count). The van der Waals surface area contributed by atoms with Crippen LogP contribution in [0.2, 0.25) is 0 Å². The van der Waals surface area contributed by atoms with Gasteiger partial charge in [-0.25, -0.2) is 0 Å². The van der Waals surface area contributed by atoms with Gasteiger partial charge in [-0.05, 0) is 62.3 Å². The second-order valence-electron chi connectivity index (χ2n) is 5.97. The third-order valence-electron chi connectivity index (χ3n) is 4.57. The van der Waals surface area contributed by atoms with Crippen molar-refractivity contribution < 1.29 is 9.84 Å². The summed E-state index contributed by atoms with van der Waals surface area (Å²) in [5, 5.41) is 10.5. The van der Waals surface area contributed by atoms with Crippen LogP contribution in [-0.4, -0.2) is 29.2 Å². The molecule has 1 aromatic carbocycles. The summed E-state index contributed by atoms with van der Waals surface area (Å²) in [6.07, 6.45) is 5.51. The van der Waals surface area contributed by atoms with Gasteiger partial charge in [0.1, 0.15) is 0 Å². The lowest BCUT2D eigenvalue weighted by Crippen LogP contribution is -2.48. The Kier molecular flexibility index (Phi) is 4.75. The molecule has 20 heavy (non-hydrogen) atoms. The number of hydrogen-bond donors (Lipinski definition) is 1. The van der Waals surface area contributed by atoms with Crippen molar-refractivity contribution in [2.45, 2.75) is 48.7 Å². The van der Waals surface area contributed by atoms with Gasteiger partial charge in [-0.3, -0.25) is 0 Å². The molecular formula is C16H21BrO2S. The number of benzene rings is 1. The molecule has 2 nitrogen and oxygen atoms in total. The molecule has 0 bridgehead atoms. The first-order valence-corrected chi connectivity index (χ1v) is 9.15. The van der Waals surface area contributed by atoms with Crippen LogP contribution in [0.25, 0.3) is 0 Å². The Morgan fingerprint density at radius 3 is 2.75 bits per heavy atom. The Hall–Kier alpha value is -0.0300. The third-order valence-corrected chi connectivity index (χ3v) is 6.22. The molecule has 1 aliphatic heterocycles. The smallest absolute Gasteiger partial charge is 0.0686 e. The summed E-state index contributed by atoms with van der Waals surface area (Å²) in [4.78, 5) is 1.22. The van der Waals surface area contributed by atoms with E-state index in [9.17, 15) is 5.11 Å². The molecule has 2 fully saturated rings. The third kappa shape index (κ3) is 3.41. The maximum Gasteiger partial charge on any atom is 0.0686 e. The van der Waals surface area contributed by atoms with Gasteiger partial charge < -0.3 is 9.84 Å². The Bertz CT molecular complexity index is 444. The lowest BCUT2D eigenvalue weighted by atomic mass is 9.71. The van der Waals surface area contributed by atoms with E-state index in [-0.39, 0.29) is 11.7 Å². The average Bonchev–Trinajstić information content (AvgIpc) is 2.45. The zero-order valence-corrected chi connectivity index (χ0v) is 14.0. The fourth-order valence-electron chi connectivity index (χ4n) is 3.16. The molecule has 110 valence electrons. The molecular weight excluding hydrogens is 336 g/mol. The molecule has 1 saturated carbocycles. The van der Waals surface area contributed by atoms with Crippen LogP contribution in [0.15, 0.2) is 33.6 Å². The van der Waals surface area contributed by atoms with E-state index >= 15 is 0 Å². The van der Waals surface area contributed by atoms with Crippen molar-refractivity contribution in [1.29, 1.82) is 0 Å². The number of halogens is 1. The summed E-state index contributed by atoms with van der Waals surface area (Å²) in [6, 6.07) is 8.29. The molecule has 0 radical (unpaired) electrons. The van der Waals surface area contributed by atoms with Crippen LogP contribution in [0.1, 0.15) is 32.1 Å². The molecule has 1 spiro atoms. The summed E-state index contributed by atoms with van der Waals surface area (Å²) in [7, 11) is 0. The fraction of sp³-hybridized carbons (Fsp3) is 0.625. The van der Waals surface area contributed by atoms with Crippen LogP contribution in [0, 0.1) is 5.92 Å². The highest BCUT2D eigenvalue weighted by atomic mass is 79.9. The van der Waals surface area contributed by atoms with Crippen molar-refractivity contribution in [3.05, 3.63) is 28.7 Å². The number of thioether (sulfide) groups is 1. The molecule has 0 aromatic heterocycles. The highest BCUT2D eigenvalue weighted by Crippen LogP contribution is 2.45. The number of rotatable bonds is 4. The standard InChI is InChI=1S/C16H21BrO2S/c17-13-2-4-14(5-3-13)20-11-15(18)12-6-9-19-16(10-12)7-1-8-16/h2-5,12,15,18H,1,6-11H2. The summed E-state index contributed by atoms with van der Waals surface area (Å²) in [5.41, 5.74) is 0.131. The molecule has 1 saturated heterocycles. The molecule has 2 unspecified atom stereocenters. The zero-order chi connectivity index (χ0) is 14.0. The summed E-state index contributed by atoms with van der Waals surface area (Å²) in [5.74, 6) is 1.19. The quantitative estimate of drug-likeness (QED) is 0.817. The van der Waals surface area contributed by atoms with E-state index < -0.39 is 0 Å². The fourth-order valence-corrected chi connectivity index (χ4v) is 4.39. The van der Waals surface area contributed by atoms with Crippen molar-refractivity contribution in [3.63, 3.8) is 0 Å². The van der Waals surface area contributed by atoms with E-state index in [1.807, 2.05) is 12.1 Å². The van der Waals surface area contributed by atoms with Crippen LogP contribution in [0.3, 0.4) is 0 Å². The SMILES string of the molecule is OC(CSc1ccc(Br)cc1)C1CCOC2(CCC2)C1. The monoisotopic (exact) mass is 356 g/mol. The minimum absolute atomic E-state index is 0.131. The zero-order valence-electron chi connectivity index (χ0n) is 11.6. The molecule has 4 heteroatoms. The molecule has 1 N–H and O–H groups in total.